The Kier molecular flexibility index (Phi) is 29.6. The van der Waals surface area contributed by atoms with E-state index in [-0.39, 0.29) is 6.10 Å². The van der Waals surface area contributed by atoms with Crippen LogP contribution in [0.3, 0.4) is 0 Å². The van der Waals surface area contributed by atoms with Gasteiger partial charge < -0.3 is 18.9 Å². The Labute approximate surface area is 406 Å². The number of hydrogen-bond donors (Lipinski definition) is 0. The van der Waals surface area contributed by atoms with E-state index < -0.39 is 0 Å². The first-order valence-electron chi connectivity index (χ1n) is 29.3. The van der Waals surface area contributed by atoms with Gasteiger partial charge in [0, 0.05) is 39.6 Å². The molecule has 0 N–H and O–H groups in total. The lowest BCUT2D eigenvalue weighted by atomic mass is 9.49. The van der Waals surface area contributed by atoms with Crippen molar-refractivity contribution in [2.45, 2.75) is 260 Å². The Balaban J connectivity index is 1.02. The van der Waals surface area contributed by atoms with Crippen LogP contribution in [0.5, 0.6) is 0 Å². The van der Waals surface area contributed by atoms with Gasteiger partial charge in [0.2, 0.25) is 0 Å². The molecule has 1 unspecified atom stereocenters. The molecule has 0 amide bonds. The molecule has 0 bridgehead atoms. The van der Waals surface area contributed by atoms with Crippen LogP contribution in [-0.2, 0) is 18.9 Å². The van der Waals surface area contributed by atoms with Gasteiger partial charge in [0.25, 0.3) is 0 Å². The van der Waals surface area contributed by atoms with Crippen LogP contribution in [0.1, 0.15) is 253 Å². The van der Waals surface area contributed by atoms with Gasteiger partial charge >= 0.3 is 0 Å². The first-order chi connectivity index (χ1) is 31.7. The first kappa shape index (κ1) is 56.9. The van der Waals surface area contributed by atoms with Gasteiger partial charge in [-0.3, -0.25) is 0 Å². The fraction of sp³-hybridized carbons (Fsp3) is 0.934. The van der Waals surface area contributed by atoms with Gasteiger partial charge in [-0.2, -0.15) is 0 Å². The lowest BCUT2D eigenvalue weighted by Crippen LogP contribution is -2.48. The van der Waals surface area contributed by atoms with E-state index in [0.29, 0.717) is 16.7 Å². The Morgan fingerprint density at radius 1 is 0.615 bits per heavy atom. The van der Waals surface area contributed by atoms with Gasteiger partial charge in [-0.25, -0.2) is 0 Å². The minimum atomic E-state index is 0.198. The van der Waals surface area contributed by atoms with Crippen LogP contribution in [0.2, 0.25) is 0 Å². The van der Waals surface area contributed by atoms with Crippen molar-refractivity contribution >= 4 is 0 Å². The second kappa shape index (κ2) is 33.8. The summed E-state index contributed by atoms with van der Waals surface area (Å²) in [5, 5.41) is 0. The van der Waals surface area contributed by atoms with E-state index >= 15 is 0 Å². The third-order valence-electron chi connectivity index (χ3n) is 18.2. The Bertz CT molecular complexity index is 1180. The summed E-state index contributed by atoms with van der Waals surface area (Å²) in [7, 11) is 0. The molecule has 65 heavy (non-hydrogen) atoms. The van der Waals surface area contributed by atoms with Crippen LogP contribution < -0.4 is 0 Å². The van der Waals surface area contributed by atoms with Gasteiger partial charge in [0.1, 0.15) is 0 Å². The van der Waals surface area contributed by atoms with Crippen LogP contribution in [0.15, 0.2) is 24.8 Å². The van der Waals surface area contributed by atoms with Crippen molar-refractivity contribution in [1.82, 2.24) is 0 Å². The van der Waals surface area contributed by atoms with Gasteiger partial charge in [-0.15, -0.1) is 6.58 Å². The number of unbranched alkanes of at least 4 members (excludes halogenated alkanes) is 13. The molecule has 4 nitrogen and oxygen atoms in total. The highest BCUT2D eigenvalue weighted by molar-refractivity contribution is 5.07. The molecular weight excluding hydrogens is 797 g/mol. The van der Waals surface area contributed by atoms with E-state index in [4.69, 9.17) is 18.9 Å². The maximum atomic E-state index is 6.47. The standard InChI is InChI=1S/C61H112O4/c1-8-10-11-12-13-14-15-16-17-18-19-20-21-22-23-25-44-64-50-55(49-54-38-47-63-48-39-54)65-46-28-45-62-43-26-24-32-53-35-40-60(6,41-36-53)58-37-42-61(7)57(52(5)31-27-30-51(3)4)33-34-59(61)56(58)29-9-2/h9,16-17,51-59H,2,8,10-15,18-50H2,1,3-7H3/b17-16-/t52-,53-,55?,56-,57-,58+,59+,60-,61-/m1/s1. The molecule has 3 aliphatic carbocycles. The third-order valence-corrected chi connectivity index (χ3v) is 18.2. The van der Waals surface area contributed by atoms with Crippen LogP contribution in [0.25, 0.3) is 0 Å². The van der Waals surface area contributed by atoms with E-state index in [9.17, 15) is 0 Å². The molecule has 1 saturated heterocycles. The number of rotatable bonds is 38. The van der Waals surface area contributed by atoms with Crippen molar-refractivity contribution in [2.24, 2.45) is 58.2 Å². The molecule has 7 atom stereocenters. The highest BCUT2D eigenvalue weighted by Gasteiger charge is 2.57. The van der Waals surface area contributed by atoms with E-state index in [1.807, 2.05) is 0 Å². The van der Waals surface area contributed by atoms with E-state index in [1.54, 1.807) is 0 Å². The monoisotopic (exact) mass is 909 g/mol. The number of ether oxygens (including phenoxy) is 4. The molecule has 4 aliphatic rings. The average Bonchev–Trinajstić information content (AvgIpc) is 3.66. The molecule has 0 aromatic heterocycles. The van der Waals surface area contributed by atoms with Crippen molar-refractivity contribution < 1.29 is 18.9 Å². The highest BCUT2D eigenvalue weighted by atomic mass is 16.5. The van der Waals surface area contributed by atoms with Crippen LogP contribution in [-0.4, -0.2) is 52.4 Å². The van der Waals surface area contributed by atoms with Gasteiger partial charge in [-0.1, -0.05) is 150 Å². The Hall–Kier alpha value is -0.680. The Morgan fingerprint density at radius 3 is 1.95 bits per heavy atom. The maximum absolute atomic E-state index is 6.47. The van der Waals surface area contributed by atoms with Crippen LogP contribution in [0, 0.1) is 58.2 Å². The van der Waals surface area contributed by atoms with Crippen molar-refractivity contribution in [3.63, 3.8) is 0 Å². The predicted octanol–water partition coefficient (Wildman–Crippen LogP) is 18.1. The molecular formula is C61H112O4. The lowest BCUT2D eigenvalue weighted by Gasteiger charge is -2.56. The minimum absolute atomic E-state index is 0.198. The zero-order chi connectivity index (χ0) is 46.4. The zero-order valence-corrected chi connectivity index (χ0v) is 44.6. The second-order valence-electron chi connectivity index (χ2n) is 23.8. The predicted molar refractivity (Wildman–Crippen MR) is 281 cm³/mol. The second-order valence-corrected chi connectivity index (χ2v) is 23.8. The topological polar surface area (TPSA) is 36.9 Å². The SMILES string of the molecule is C=CC[C@H]1[C@@H]2CC[C@H]([C@H](C)CCCC(C)C)[C@@]2(C)CC[C@@H]1[C@]1(C)CC[C@@H](CCCCOCCCOC(COCCCCCCCC/C=C\CCCCCCCC)CC2CCOCC2)CC1. The van der Waals surface area contributed by atoms with Gasteiger partial charge in [0.15, 0.2) is 0 Å². The maximum Gasteiger partial charge on any atom is 0.0811 e. The van der Waals surface area contributed by atoms with E-state index in [1.165, 1.54) is 186 Å². The van der Waals surface area contributed by atoms with Gasteiger partial charge in [0.05, 0.1) is 12.7 Å². The van der Waals surface area contributed by atoms with Crippen molar-refractivity contribution in [3.8, 4) is 0 Å². The quantitative estimate of drug-likeness (QED) is 0.0457. The molecule has 0 spiro atoms. The Morgan fingerprint density at radius 2 is 1.26 bits per heavy atom. The number of fused-ring (bicyclic) bond motifs is 1. The summed E-state index contributed by atoms with van der Waals surface area (Å²) in [5.41, 5.74) is 1.08. The van der Waals surface area contributed by atoms with Crippen LogP contribution >= 0.6 is 0 Å². The molecule has 380 valence electrons. The molecule has 4 heteroatoms. The van der Waals surface area contributed by atoms with Crippen molar-refractivity contribution in [3.05, 3.63) is 24.8 Å². The fourth-order valence-electron chi connectivity index (χ4n) is 14.0. The van der Waals surface area contributed by atoms with Gasteiger partial charge in [-0.05, 0) is 180 Å². The summed E-state index contributed by atoms with van der Waals surface area (Å²) in [6.45, 7) is 25.4. The summed E-state index contributed by atoms with van der Waals surface area (Å²) in [5.74, 6) is 6.93. The highest BCUT2D eigenvalue weighted by Crippen LogP contribution is 2.65. The van der Waals surface area contributed by atoms with E-state index in [2.05, 4.69) is 66.3 Å². The fourth-order valence-corrected chi connectivity index (χ4v) is 14.0. The molecule has 0 radical (unpaired) electrons. The van der Waals surface area contributed by atoms with Crippen molar-refractivity contribution in [1.29, 1.82) is 0 Å². The molecule has 0 aromatic carbocycles. The molecule has 4 fully saturated rings. The summed E-state index contributed by atoms with van der Waals surface area (Å²) in [6.07, 6.45) is 51.6. The van der Waals surface area contributed by atoms with Crippen molar-refractivity contribution in [2.75, 3.05) is 46.2 Å². The first-order valence-corrected chi connectivity index (χ1v) is 29.3. The average molecular weight is 910 g/mol. The minimum Gasteiger partial charge on any atom is -0.381 e. The molecule has 0 aromatic rings. The summed E-state index contributed by atoms with van der Waals surface area (Å²) < 4.78 is 24.5. The number of allylic oxidation sites excluding steroid dienone is 3. The zero-order valence-electron chi connectivity index (χ0n) is 44.6. The lowest BCUT2D eigenvalue weighted by molar-refractivity contribution is -0.0629. The molecule has 1 aliphatic heterocycles. The third kappa shape index (κ3) is 21.5. The summed E-state index contributed by atoms with van der Waals surface area (Å²) >= 11 is 0. The molecule has 1 heterocycles. The van der Waals surface area contributed by atoms with Crippen LogP contribution in [0.4, 0.5) is 0 Å². The van der Waals surface area contributed by atoms with E-state index in [0.717, 1.165) is 113 Å². The summed E-state index contributed by atoms with van der Waals surface area (Å²) in [6, 6.07) is 0. The largest absolute Gasteiger partial charge is 0.381 e. The smallest absolute Gasteiger partial charge is 0.0811 e. The molecule has 4 rings (SSSR count). The number of hydrogen-bond acceptors (Lipinski definition) is 4. The summed E-state index contributed by atoms with van der Waals surface area (Å²) in [4.78, 5) is 0. The molecule has 3 saturated carbocycles. The normalized spacial score (nSPS) is 28.6.